The van der Waals surface area contributed by atoms with Gasteiger partial charge in [-0.05, 0) is 24.3 Å². The average molecular weight is 420 g/mol. The van der Waals surface area contributed by atoms with Gasteiger partial charge in [-0.15, -0.1) is 0 Å². The minimum absolute atomic E-state index is 0.0522. The summed E-state index contributed by atoms with van der Waals surface area (Å²) in [4.78, 5) is 35.6. The summed E-state index contributed by atoms with van der Waals surface area (Å²) in [6.07, 6.45) is -0.169. The van der Waals surface area contributed by atoms with Gasteiger partial charge in [-0.3, -0.25) is 14.4 Å². The van der Waals surface area contributed by atoms with Crippen molar-refractivity contribution in [3.8, 4) is 5.75 Å². The van der Waals surface area contributed by atoms with Crippen molar-refractivity contribution < 1.29 is 23.9 Å². The third-order valence-corrected chi connectivity index (χ3v) is 4.00. The highest BCUT2D eigenvalue weighted by molar-refractivity contribution is 9.10. The predicted octanol–water partition coefficient (Wildman–Crippen LogP) is 3.60. The van der Waals surface area contributed by atoms with E-state index in [1.54, 1.807) is 48.5 Å². The van der Waals surface area contributed by atoms with Gasteiger partial charge in [-0.25, -0.2) is 0 Å². The number of esters is 1. The van der Waals surface area contributed by atoms with E-state index in [-0.39, 0.29) is 31.1 Å². The summed E-state index contributed by atoms with van der Waals surface area (Å²) >= 11 is 3.28. The van der Waals surface area contributed by atoms with Crippen LogP contribution in [-0.2, 0) is 14.3 Å². The Hall–Kier alpha value is -2.67. The minimum Gasteiger partial charge on any atom is -0.495 e. The number of halogens is 1. The van der Waals surface area contributed by atoms with Crippen molar-refractivity contribution in [1.82, 2.24) is 0 Å². The number of rotatable bonds is 8. The number of benzene rings is 2. The molecule has 0 aliphatic carbocycles. The molecule has 6 nitrogen and oxygen atoms in total. The molecule has 2 aromatic rings. The Morgan fingerprint density at radius 2 is 1.69 bits per heavy atom. The second kappa shape index (κ2) is 9.72. The number of carbonyl (C=O) groups is 3. The van der Waals surface area contributed by atoms with E-state index in [9.17, 15) is 14.4 Å². The van der Waals surface area contributed by atoms with Crippen LogP contribution in [0.2, 0.25) is 0 Å². The van der Waals surface area contributed by atoms with Crippen molar-refractivity contribution in [2.75, 3.05) is 19.0 Å². The first-order chi connectivity index (χ1) is 12.5. The quantitative estimate of drug-likeness (QED) is 0.521. The van der Waals surface area contributed by atoms with Crippen LogP contribution in [0.15, 0.2) is 53.0 Å². The fraction of sp³-hybridized carbons (Fsp3) is 0.211. The van der Waals surface area contributed by atoms with E-state index < -0.39 is 5.97 Å². The maximum Gasteiger partial charge on any atom is 0.306 e. The molecule has 2 aromatic carbocycles. The number of ketones is 1. The molecule has 136 valence electrons. The number of hydrogen-bond donors (Lipinski definition) is 1. The molecule has 0 heterocycles. The van der Waals surface area contributed by atoms with E-state index in [0.29, 0.717) is 17.0 Å². The summed E-state index contributed by atoms with van der Waals surface area (Å²) in [5.41, 5.74) is 0.980. The maximum absolute atomic E-state index is 11.9. The Kier molecular flexibility index (Phi) is 7.35. The molecule has 0 saturated heterocycles. The number of methoxy groups -OCH3 is 1. The molecule has 0 atom stereocenters. The largest absolute Gasteiger partial charge is 0.495 e. The lowest BCUT2D eigenvalue weighted by Crippen LogP contribution is -2.17. The first-order valence-electron chi connectivity index (χ1n) is 7.87. The summed E-state index contributed by atoms with van der Waals surface area (Å²) in [6.45, 7) is -0.353. The molecule has 1 amide bonds. The number of Topliss-reactive ketones (excluding diaryl/α,β-unsaturated/α-hetero) is 1. The molecular weight excluding hydrogens is 402 g/mol. The molecule has 26 heavy (non-hydrogen) atoms. The van der Waals surface area contributed by atoms with Gasteiger partial charge < -0.3 is 14.8 Å². The molecule has 0 bridgehead atoms. The maximum atomic E-state index is 11.9. The molecular formula is C19H18BrNO5. The molecule has 0 unspecified atom stereocenters. The second-order valence-corrected chi connectivity index (χ2v) is 6.25. The lowest BCUT2D eigenvalue weighted by molar-refractivity contribution is -0.143. The summed E-state index contributed by atoms with van der Waals surface area (Å²) in [5, 5.41) is 2.67. The summed E-state index contributed by atoms with van der Waals surface area (Å²) in [5.74, 6) is -0.718. The van der Waals surface area contributed by atoms with Gasteiger partial charge in [0.25, 0.3) is 0 Å². The third-order valence-electron chi connectivity index (χ3n) is 3.47. The van der Waals surface area contributed by atoms with Crippen LogP contribution < -0.4 is 10.1 Å². The Bertz CT molecular complexity index is 789. The number of nitrogens with one attached hydrogen (secondary N) is 1. The van der Waals surface area contributed by atoms with E-state index in [1.165, 1.54) is 7.11 Å². The van der Waals surface area contributed by atoms with Crippen molar-refractivity contribution in [1.29, 1.82) is 0 Å². The van der Waals surface area contributed by atoms with Crippen LogP contribution in [0.4, 0.5) is 5.69 Å². The van der Waals surface area contributed by atoms with Crippen LogP contribution in [-0.4, -0.2) is 31.4 Å². The zero-order valence-corrected chi connectivity index (χ0v) is 15.7. The standard InChI is InChI=1S/C19H18BrNO5/c1-25-17-5-3-2-4-15(17)21-18(23)10-11-19(24)26-12-16(22)13-6-8-14(20)9-7-13/h2-9H,10-12H2,1H3,(H,21,23). The van der Waals surface area contributed by atoms with Crippen LogP contribution in [0.3, 0.4) is 0 Å². The molecule has 0 radical (unpaired) electrons. The first-order valence-corrected chi connectivity index (χ1v) is 8.66. The van der Waals surface area contributed by atoms with Crippen LogP contribution in [0.5, 0.6) is 5.75 Å². The van der Waals surface area contributed by atoms with Gasteiger partial charge >= 0.3 is 5.97 Å². The van der Waals surface area contributed by atoms with Crippen molar-refractivity contribution >= 4 is 39.3 Å². The lowest BCUT2D eigenvalue weighted by Gasteiger charge is -2.09. The van der Waals surface area contributed by atoms with Gasteiger partial charge in [0.05, 0.1) is 19.2 Å². The summed E-state index contributed by atoms with van der Waals surface area (Å²) < 4.78 is 10.9. The Balaban J connectivity index is 1.75. The van der Waals surface area contributed by atoms with E-state index in [2.05, 4.69) is 21.2 Å². The number of hydrogen-bond acceptors (Lipinski definition) is 5. The number of amides is 1. The van der Waals surface area contributed by atoms with Crippen LogP contribution >= 0.6 is 15.9 Å². The first kappa shape index (κ1) is 19.7. The molecule has 1 N–H and O–H groups in total. The molecule has 2 rings (SSSR count). The van der Waals surface area contributed by atoms with Gasteiger partial charge in [0.1, 0.15) is 5.75 Å². The van der Waals surface area contributed by atoms with Crippen LogP contribution in [0, 0.1) is 0 Å². The Morgan fingerprint density at radius 3 is 2.38 bits per heavy atom. The Labute approximate surface area is 159 Å². The Morgan fingerprint density at radius 1 is 1.00 bits per heavy atom. The fourth-order valence-corrected chi connectivity index (χ4v) is 2.38. The van der Waals surface area contributed by atoms with E-state index in [1.807, 2.05) is 0 Å². The van der Waals surface area contributed by atoms with Crippen LogP contribution in [0.25, 0.3) is 0 Å². The van der Waals surface area contributed by atoms with Crippen LogP contribution in [0.1, 0.15) is 23.2 Å². The number of ether oxygens (including phenoxy) is 2. The van der Waals surface area contributed by atoms with Gasteiger partial charge in [-0.1, -0.05) is 40.2 Å². The fourth-order valence-electron chi connectivity index (χ4n) is 2.11. The van der Waals surface area contributed by atoms with Gasteiger partial charge in [0.2, 0.25) is 5.91 Å². The molecule has 7 heteroatoms. The minimum atomic E-state index is -0.606. The highest BCUT2D eigenvalue weighted by atomic mass is 79.9. The molecule has 0 saturated carbocycles. The van der Waals surface area contributed by atoms with Gasteiger partial charge in [0.15, 0.2) is 12.4 Å². The summed E-state index contributed by atoms with van der Waals surface area (Å²) in [7, 11) is 1.50. The number of carbonyl (C=O) groups excluding carboxylic acids is 3. The van der Waals surface area contributed by atoms with E-state index >= 15 is 0 Å². The van der Waals surface area contributed by atoms with Gasteiger partial charge in [0, 0.05) is 16.5 Å². The zero-order valence-electron chi connectivity index (χ0n) is 14.2. The lowest BCUT2D eigenvalue weighted by atomic mass is 10.1. The highest BCUT2D eigenvalue weighted by Crippen LogP contribution is 2.23. The average Bonchev–Trinajstić information content (AvgIpc) is 2.65. The number of anilines is 1. The molecule has 0 aromatic heterocycles. The summed E-state index contributed by atoms with van der Waals surface area (Å²) in [6, 6.07) is 13.7. The normalized spacial score (nSPS) is 10.1. The topological polar surface area (TPSA) is 81.7 Å². The SMILES string of the molecule is COc1ccccc1NC(=O)CCC(=O)OCC(=O)c1ccc(Br)cc1. The monoisotopic (exact) mass is 419 g/mol. The number of para-hydroxylation sites is 2. The molecule has 0 fully saturated rings. The second-order valence-electron chi connectivity index (χ2n) is 5.34. The van der Waals surface area contributed by atoms with E-state index in [4.69, 9.17) is 9.47 Å². The predicted molar refractivity (Wildman–Crippen MR) is 100 cm³/mol. The smallest absolute Gasteiger partial charge is 0.306 e. The molecule has 0 aliphatic rings. The zero-order chi connectivity index (χ0) is 18.9. The third kappa shape index (κ3) is 6.00. The van der Waals surface area contributed by atoms with Crippen molar-refractivity contribution in [3.63, 3.8) is 0 Å². The van der Waals surface area contributed by atoms with Crippen molar-refractivity contribution in [3.05, 3.63) is 58.6 Å². The van der Waals surface area contributed by atoms with Gasteiger partial charge in [-0.2, -0.15) is 0 Å². The molecule has 0 aliphatic heterocycles. The molecule has 0 spiro atoms. The van der Waals surface area contributed by atoms with Crippen molar-refractivity contribution in [2.45, 2.75) is 12.8 Å². The van der Waals surface area contributed by atoms with E-state index in [0.717, 1.165) is 4.47 Å². The van der Waals surface area contributed by atoms with Crippen molar-refractivity contribution in [2.24, 2.45) is 0 Å². The highest BCUT2D eigenvalue weighted by Gasteiger charge is 2.13.